The number of nitrogens with one attached hydrogen (secondary N) is 3. The fraction of sp³-hybridized carbons (Fsp3) is 0.300. The summed E-state index contributed by atoms with van der Waals surface area (Å²) in [4.78, 5) is 28.2. The molecule has 168 valence electrons. The van der Waals surface area contributed by atoms with Crippen molar-refractivity contribution in [2.75, 3.05) is 17.7 Å². The van der Waals surface area contributed by atoms with Crippen LogP contribution >= 0.6 is 35.5 Å². The van der Waals surface area contributed by atoms with E-state index in [-0.39, 0.29) is 23.3 Å². The molecule has 0 saturated heterocycles. The van der Waals surface area contributed by atoms with Crippen molar-refractivity contribution in [1.82, 2.24) is 28.5 Å². The first-order chi connectivity index (χ1) is 15.3. The zero-order valence-corrected chi connectivity index (χ0v) is 20.8. The van der Waals surface area contributed by atoms with Crippen LogP contribution in [0, 0.1) is 12.8 Å². The molecule has 1 aliphatic carbocycles. The normalized spacial score (nSPS) is 12.5. The highest BCUT2D eigenvalue weighted by molar-refractivity contribution is 14.1. The number of aromatic nitrogens is 5. The van der Waals surface area contributed by atoms with Crippen LogP contribution in [-0.2, 0) is 11.8 Å². The lowest BCUT2D eigenvalue weighted by Gasteiger charge is -2.14. The van der Waals surface area contributed by atoms with Gasteiger partial charge in [0, 0.05) is 53.1 Å². The third-order valence-electron chi connectivity index (χ3n) is 4.64. The molecule has 1 fully saturated rings. The molecular weight excluding hydrogens is 543 g/mol. The van der Waals surface area contributed by atoms with Crippen molar-refractivity contribution in [3.63, 3.8) is 0 Å². The summed E-state index contributed by atoms with van der Waals surface area (Å²) in [7, 11) is 3.67. The van der Waals surface area contributed by atoms with Crippen LogP contribution in [0.3, 0.4) is 0 Å². The molecule has 2 heterocycles. The Morgan fingerprint density at radius 3 is 2.53 bits per heavy atom. The number of thiol groups is 1. The van der Waals surface area contributed by atoms with Gasteiger partial charge >= 0.3 is 0 Å². The van der Waals surface area contributed by atoms with Crippen LogP contribution in [0.4, 0.5) is 17.2 Å². The minimum Gasteiger partial charge on any atom is -0.353 e. The van der Waals surface area contributed by atoms with Crippen LogP contribution in [-0.4, -0.2) is 43.0 Å². The monoisotopic (exact) mass is 566 g/mol. The number of nitrogens with zero attached hydrogens (tertiary/aromatic N) is 5. The van der Waals surface area contributed by atoms with Crippen molar-refractivity contribution < 1.29 is 9.59 Å². The Labute approximate surface area is 204 Å². The largest absolute Gasteiger partial charge is 0.353 e. The number of aryl methyl sites for hydroxylation is 1. The summed E-state index contributed by atoms with van der Waals surface area (Å²) in [6.07, 6.45) is 3.39. The highest BCUT2D eigenvalue weighted by Crippen LogP contribution is 2.32. The van der Waals surface area contributed by atoms with Gasteiger partial charge in [-0.05, 0) is 38.4 Å². The first-order valence-electron chi connectivity index (χ1n) is 9.76. The molecule has 0 bridgehead atoms. The standard InChI is InChI=1S/C19H19N7O2S.CH4IN/c1-10-12(17-20-9-26(2)25-17)4-3-5-13(10)21-14-8-15(22-18(27)11-6-7-11)23-24-16(14)19(28)29;1-3-2/h3-5,8-9,11H,6-7H2,1-2H3,(H,28,29)(H2,21,22,23,27);3H,1H3. The molecular formula is C20H23IN8O2S. The molecule has 1 saturated carbocycles. The number of benzene rings is 1. The number of amides is 1. The summed E-state index contributed by atoms with van der Waals surface area (Å²) >= 11 is 5.92. The number of carbonyl (C=O) groups is 2. The van der Waals surface area contributed by atoms with E-state index in [1.54, 1.807) is 24.1 Å². The summed E-state index contributed by atoms with van der Waals surface area (Å²) < 4.78 is 4.35. The van der Waals surface area contributed by atoms with Gasteiger partial charge in [0.1, 0.15) is 6.33 Å². The zero-order valence-electron chi connectivity index (χ0n) is 17.8. The van der Waals surface area contributed by atoms with E-state index < -0.39 is 5.12 Å². The van der Waals surface area contributed by atoms with Gasteiger partial charge in [0.15, 0.2) is 17.3 Å². The number of anilines is 3. The lowest BCUT2D eigenvalue weighted by molar-refractivity contribution is -0.117. The Morgan fingerprint density at radius 2 is 1.94 bits per heavy atom. The predicted octanol–water partition coefficient (Wildman–Crippen LogP) is 3.30. The minimum absolute atomic E-state index is 0.0317. The molecule has 4 rings (SSSR count). The number of carbonyl (C=O) groups excluding carboxylic acids is 2. The minimum atomic E-state index is -0.528. The summed E-state index contributed by atoms with van der Waals surface area (Å²) in [5, 5.41) is 17.6. The topological polar surface area (TPSA) is 127 Å². The quantitative estimate of drug-likeness (QED) is 0.204. The second-order valence-electron chi connectivity index (χ2n) is 7.09. The number of hydrogen-bond donors (Lipinski definition) is 4. The van der Waals surface area contributed by atoms with Crippen molar-refractivity contribution in [3.05, 3.63) is 41.9 Å². The maximum Gasteiger partial charge on any atom is 0.238 e. The molecule has 3 aromatic rings. The second kappa shape index (κ2) is 10.8. The Bertz CT molecular complexity index is 1130. The lowest BCUT2D eigenvalue weighted by atomic mass is 10.1. The summed E-state index contributed by atoms with van der Waals surface area (Å²) in [6.45, 7) is 1.93. The smallest absolute Gasteiger partial charge is 0.238 e. The molecule has 0 unspecified atom stereocenters. The van der Waals surface area contributed by atoms with E-state index in [4.69, 9.17) is 0 Å². The van der Waals surface area contributed by atoms with Crippen LogP contribution in [0.5, 0.6) is 0 Å². The van der Waals surface area contributed by atoms with Gasteiger partial charge in [0.05, 0.1) is 5.69 Å². The molecule has 0 atom stereocenters. The maximum absolute atomic E-state index is 12.0. The molecule has 32 heavy (non-hydrogen) atoms. The van der Waals surface area contributed by atoms with Crippen LogP contribution in [0.15, 0.2) is 30.6 Å². The van der Waals surface area contributed by atoms with Gasteiger partial charge in [0.25, 0.3) is 0 Å². The molecule has 1 aromatic carbocycles. The van der Waals surface area contributed by atoms with Gasteiger partial charge in [-0.2, -0.15) is 5.10 Å². The van der Waals surface area contributed by atoms with Crippen molar-refractivity contribution in [2.45, 2.75) is 19.8 Å². The van der Waals surface area contributed by atoms with Gasteiger partial charge in [-0.1, -0.05) is 24.8 Å². The van der Waals surface area contributed by atoms with Crippen molar-refractivity contribution >= 4 is 63.7 Å². The Hall–Kier alpha value is -2.58. The fourth-order valence-electron chi connectivity index (χ4n) is 2.90. The van der Waals surface area contributed by atoms with Crippen LogP contribution < -0.4 is 14.2 Å². The number of rotatable bonds is 6. The van der Waals surface area contributed by atoms with E-state index in [1.165, 1.54) is 0 Å². The zero-order chi connectivity index (χ0) is 23.3. The Morgan fingerprint density at radius 1 is 1.22 bits per heavy atom. The van der Waals surface area contributed by atoms with E-state index in [0.29, 0.717) is 11.5 Å². The van der Waals surface area contributed by atoms with Crippen LogP contribution in [0.25, 0.3) is 11.4 Å². The van der Waals surface area contributed by atoms with Gasteiger partial charge in [0.2, 0.25) is 11.0 Å². The van der Waals surface area contributed by atoms with Crippen molar-refractivity contribution in [3.8, 4) is 11.4 Å². The molecule has 0 aliphatic heterocycles. The average molecular weight is 566 g/mol. The molecule has 1 aliphatic rings. The van der Waals surface area contributed by atoms with Gasteiger partial charge in [-0.3, -0.25) is 17.8 Å². The third kappa shape index (κ3) is 6.01. The van der Waals surface area contributed by atoms with Crippen LogP contribution in [0.1, 0.15) is 28.9 Å². The molecule has 10 nitrogen and oxygen atoms in total. The molecule has 0 spiro atoms. The molecule has 3 N–H and O–H groups in total. The lowest BCUT2D eigenvalue weighted by Crippen LogP contribution is -2.16. The van der Waals surface area contributed by atoms with Gasteiger partial charge < -0.3 is 10.6 Å². The fourth-order valence-corrected chi connectivity index (χ4v) is 3.07. The van der Waals surface area contributed by atoms with E-state index in [1.807, 2.05) is 55.0 Å². The summed E-state index contributed by atoms with van der Waals surface area (Å²) in [5.41, 5.74) is 2.98. The number of halogens is 1. The first-order valence-corrected chi connectivity index (χ1v) is 11.3. The van der Waals surface area contributed by atoms with Crippen molar-refractivity contribution in [2.24, 2.45) is 13.0 Å². The second-order valence-corrected chi connectivity index (χ2v) is 8.58. The van der Waals surface area contributed by atoms with Crippen molar-refractivity contribution in [1.29, 1.82) is 0 Å². The summed E-state index contributed by atoms with van der Waals surface area (Å²) in [5.74, 6) is 0.825. The van der Waals surface area contributed by atoms with E-state index in [2.05, 4.69) is 47.1 Å². The highest BCUT2D eigenvalue weighted by Gasteiger charge is 2.30. The first kappa shape index (κ1) is 24.1. The predicted molar refractivity (Wildman–Crippen MR) is 134 cm³/mol. The van der Waals surface area contributed by atoms with E-state index in [0.717, 1.165) is 29.7 Å². The maximum atomic E-state index is 12.0. The Kier molecular flexibility index (Phi) is 8.15. The summed E-state index contributed by atoms with van der Waals surface area (Å²) in [6, 6.07) is 7.25. The molecule has 12 heteroatoms. The Balaban J connectivity index is 0.000000913. The van der Waals surface area contributed by atoms with Gasteiger partial charge in [-0.25, -0.2) is 4.98 Å². The van der Waals surface area contributed by atoms with Crippen LogP contribution in [0.2, 0.25) is 0 Å². The highest BCUT2D eigenvalue weighted by atomic mass is 127. The third-order valence-corrected chi connectivity index (χ3v) is 4.85. The van der Waals surface area contributed by atoms with E-state index >= 15 is 0 Å². The number of hydrogen-bond acceptors (Lipinski definition) is 8. The average Bonchev–Trinajstić information content (AvgIpc) is 3.51. The molecule has 2 aromatic heterocycles. The molecule has 1 amide bonds. The van der Waals surface area contributed by atoms with Gasteiger partial charge in [-0.15, -0.1) is 10.2 Å². The molecule has 0 radical (unpaired) electrons. The van der Waals surface area contributed by atoms with E-state index in [9.17, 15) is 9.59 Å². The SMILES string of the molecule is CNI.Cc1c(Nc2cc(NC(=O)C3CC3)nnc2C(=O)S)cccc1-c1ncn(C)n1.